The lowest BCUT2D eigenvalue weighted by Crippen LogP contribution is -2.06. The van der Waals surface area contributed by atoms with Crippen LogP contribution in [-0.4, -0.2) is 27.6 Å². The van der Waals surface area contributed by atoms with Gasteiger partial charge in [-0.25, -0.2) is 9.97 Å². The van der Waals surface area contributed by atoms with Gasteiger partial charge in [-0.15, -0.1) is 11.3 Å². The van der Waals surface area contributed by atoms with Crippen LogP contribution in [0.1, 0.15) is 49.0 Å². The Labute approximate surface area is 133 Å². The summed E-state index contributed by atoms with van der Waals surface area (Å²) in [4.78, 5) is 21.9. The predicted octanol–water partition coefficient (Wildman–Crippen LogP) is 3.63. The molecule has 5 nitrogen and oxygen atoms in total. The Morgan fingerprint density at radius 1 is 1.23 bits per heavy atom. The molecule has 0 atom stereocenters. The number of aromatic nitrogens is 2. The first kappa shape index (κ1) is 15.2. The van der Waals surface area contributed by atoms with Crippen LogP contribution in [-0.2, 0) is 17.6 Å². The number of hydrogen-bond donors (Lipinski definition) is 2. The number of rotatable bonds is 7. The van der Waals surface area contributed by atoms with Crippen molar-refractivity contribution in [3.63, 3.8) is 0 Å². The summed E-state index contributed by atoms with van der Waals surface area (Å²) in [5, 5.41) is 13.3. The monoisotopic (exact) mass is 319 g/mol. The quantitative estimate of drug-likeness (QED) is 0.762. The van der Waals surface area contributed by atoms with Crippen molar-refractivity contribution in [1.82, 2.24) is 9.97 Å². The van der Waals surface area contributed by atoms with Crippen LogP contribution in [0, 0.1) is 0 Å². The molecular formula is C16H21N3O2S. The van der Waals surface area contributed by atoms with Crippen LogP contribution >= 0.6 is 11.3 Å². The number of fused-ring (bicyclic) bond motifs is 3. The van der Waals surface area contributed by atoms with Gasteiger partial charge in [0.05, 0.1) is 5.39 Å². The second-order valence-corrected chi connectivity index (χ2v) is 6.83. The number of aryl methyl sites for hydroxylation is 2. The van der Waals surface area contributed by atoms with Crippen molar-refractivity contribution < 1.29 is 9.90 Å². The van der Waals surface area contributed by atoms with Gasteiger partial charge in [-0.1, -0.05) is 6.42 Å². The Morgan fingerprint density at radius 2 is 2.09 bits per heavy atom. The Bertz CT molecular complexity index is 669. The molecule has 2 aromatic heterocycles. The van der Waals surface area contributed by atoms with E-state index in [0.29, 0.717) is 0 Å². The zero-order valence-corrected chi connectivity index (χ0v) is 13.4. The smallest absolute Gasteiger partial charge is 0.303 e. The predicted molar refractivity (Wildman–Crippen MR) is 88.7 cm³/mol. The van der Waals surface area contributed by atoms with E-state index in [1.807, 2.05) is 11.3 Å². The molecule has 1 aliphatic rings. The summed E-state index contributed by atoms with van der Waals surface area (Å²) < 4.78 is 0. The summed E-state index contributed by atoms with van der Waals surface area (Å²) in [6.45, 7) is 0.830. The molecule has 0 saturated carbocycles. The molecule has 0 aromatic carbocycles. The SMILES string of the molecule is O=C(O)CCCCCNc1ncnc2sc3c(c12)CCCC3. The minimum atomic E-state index is -0.713. The third-order valence-corrected chi connectivity index (χ3v) is 5.31. The van der Waals surface area contributed by atoms with E-state index in [-0.39, 0.29) is 6.42 Å². The molecule has 2 heterocycles. The molecule has 0 bridgehead atoms. The van der Waals surface area contributed by atoms with Crippen molar-refractivity contribution in [3.05, 3.63) is 16.8 Å². The third kappa shape index (κ3) is 3.38. The van der Waals surface area contributed by atoms with Crippen LogP contribution in [0.5, 0.6) is 0 Å². The van der Waals surface area contributed by atoms with Crippen molar-refractivity contribution >= 4 is 33.3 Å². The number of anilines is 1. The highest BCUT2D eigenvalue weighted by molar-refractivity contribution is 7.19. The number of aliphatic carboxylic acids is 1. The van der Waals surface area contributed by atoms with Crippen molar-refractivity contribution in [1.29, 1.82) is 0 Å². The Kier molecular flexibility index (Phi) is 4.87. The van der Waals surface area contributed by atoms with E-state index in [1.54, 1.807) is 6.33 Å². The summed E-state index contributed by atoms with van der Waals surface area (Å²) in [6.07, 6.45) is 9.36. The number of unbranched alkanes of at least 4 members (excludes halogenated alkanes) is 2. The molecule has 2 N–H and O–H groups in total. The number of nitrogens with one attached hydrogen (secondary N) is 1. The molecule has 0 spiro atoms. The maximum Gasteiger partial charge on any atom is 0.303 e. The summed E-state index contributed by atoms with van der Waals surface area (Å²) in [6, 6.07) is 0. The van der Waals surface area contributed by atoms with E-state index in [9.17, 15) is 4.79 Å². The van der Waals surface area contributed by atoms with Gasteiger partial charge in [0.1, 0.15) is 17.0 Å². The molecule has 118 valence electrons. The van der Waals surface area contributed by atoms with Gasteiger partial charge in [0.25, 0.3) is 0 Å². The first-order valence-corrected chi connectivity index (χ1v) is 8.78. The number of carbonyl (C=O) groups is 1. The summed E-state index contributed by atoms with van der Waals surface area (Å²) in [5.74, 6) is 0.234. The van der Waals surface area contributed by atoms with Gasteiger partial charge >= 0.3 is 5.97 Å². The van der Waals surface area contributed by atoms with Crippen molar-refractivity contribution in [3.8, 4) is 0 Å². The third-order valence-electron chi connectivity index (χ3n) is 4.11. The van der Waals surface area contributed by atoms with Crippen LogP contribution in [0.25, 0.3) is 10.2 Å². The molecule has 0 unspecified atom stereocenters. The highest BCUT2D eigenvalue weighted by Gasteiger charge is 2.19. The number of thiophene rings is 1. The summed E-state index contributed by atoms with van der Waals surface area (Å²) in [5.41, 5.74) is 1.44. The maximum absolute atomic E-state index is 10.5. The number of carboxylic acids is 1. The molecule has 2 aromatic rings. The largest absolute Gasteiger partial charge is 0.481 e. The van der Waals surface area contributed by atoms with Crippen molar-refractivity contribution in [2.75, 3.05) is 11.9 Å². The summed E-state index contributed by atoms with van der Waals surface area (Å²) >= 11 is 1.81. The van der Waals surface area contributed by atoms with E-state index < -0.39 is 5.97 Å². The van der Waals surface area contributed by atoms with E-state index in [4.69, 9.17) is 5.11 Å². The average molecular weight is 319 g/mol. The fraction of sp³-hybridized carbons (Fsp3) is 0.562. The van der Waals surface area contributed by atoms with Crippen molar-refractivity contribution in [2.45, 2.75) is 51.4 Å². The normalized spacial score (nSPS) is 14.0. The van der Waals surface area contributed by atoms with Crippen LogP contribution in [0.3, 0.4) is 0 Å². The number of nitrogens with zero attached hydrogens (tertiary/aromatic N) is 2. The van der Waals surface area contributed by atoms with Gasteiger partial charge in [0, 0.05) is 17.8 Å². The maximum atomic E-state index is 10.5. The molecule has 22 heavy (non-hydrogen) atoms. The van der Waals surface area contributed by atoms with E-state index >= 15 is 0 Å². The molecule has 0 aliphatic heterocycles. The molecule has 1 aliphatic carbocycles. The second kappa shape index (κ2) is 7.05. The fourth-order valence-corrected chi connectivity index (χ4v) is 4.24. The number of hydrogen-bond acceptors (Lipinski definition) is 5. The first-order chi connectivity index (χ1) is 10.8. The zero-order valence-electron chi connectivity index (χ0n) is 12.6. The summed E-state index contributed by atoms with van der Waals surface area (Å²) in [7, 11) is 0. The average Bonchev–Trinajstić information content (AvgIpc) is 2.89. The van der Waals surface area contributed by atoms with Crippen LogP contribution in [0.15, 0.2) is 6.33 Å². The van der Waals surface area contributed by atoms with Gasteiger partial charge in [-0.3, -0.25) is 4.79 Å². The van der Waals surface area contributed by atoms with Gasteiger partial charge in [-0.05, 0) is 44.1 Å². The van der Waals surface area contributed by atoms with Gasteiger partial charge in [-0.2, -0.15) is 0 Å². The molecule has 6 heteroatoms. The van der Waals surface area contributed by atoms with Gasteiger partial charge in [0.15, 0.2) is 0 Å². The molecule has 3 rings (SSSR count). The van der Waals surface area contributed by atoms with E-state index in [1.165, 1.54) is 35.1 Å². The minimum Gasteiger partial charge on any atom is -0.481 e. The standard InChI is InChI=1S/C16H21N3O2S/c20-13(21)8-2-1-5-9-17-15-14-11-6-3-4-7-12(11)22-16(14)19-10-18-15/h10H,1-9H2,(H,20,21)(H,17,18,19). The second-order valence-electron chi connectivity index (χ2n) is 5.74. The van der Waals surface area contributed by atoms with Crippen LogP contribution < -0.4 is 5.32 Å². The number of carboxylic acid groups (broad SMARTS) is 1. The van der Waals surface area contributed by atoms with Crippen molar-refractivity contribution in [2.24, 2.45) is 0 Å². The van der Waals surface area contributed by atoms with Gasteiger partial charge in [0.2, 0.25) is 0 Å². The van der Waals surface area contributed by atoms with E-state index in [0.717, 1.165) is 42.9 Å². The highest BCUT2D eigenvalue weighted by atomic mass is 32.1. The van der Waals surface area contributed by atoms with Gasteiger partial charge < -0.3 is 10.4 Å². The Morgan fingerprint density at radius 3 is 2.95 bits per heavy atom. The molecule has 0 fully saturated rings. The lowest BCUT2D eigenvalue weighted by Gasteiger charge is -2.12. The lowest BCUT2D eigenvalue weighted by molar-refractivity contribution is -0.137. The topological polar surface area (TPSA) is 75.1 Å². The molecule has 0 saturated heterocycles. The van der Waals surface area contributed by atoms with Crippen LogP contribution in [0.2, 0.25) is 0 Å². The molecular weight excluding hydrogens is 298 g/mol. The van der Waals surface area contributed by atoms with E-state index in [2.05, 4.69) is 15.3 Å². The lowest BCUT2D eigenvalue weighted by atomic mass is 9.97. The first-order valence-electron chi connectivity index (χ1n) is 7.96. The molecule has 0 radical (unpaired) electrons. The fourth-order valence-electron chi connectivity index (χ4n) is 3.01. The highest BCUT2D eigenvalue weighted by Crippen LogP contribution is 2.38. The minimum absolute atomic E-state index is 0.260. The Hall–Kier alpha value is -1.69. The zero-order chi connectivity index (χ0) is 15.4. The Balaban J connectivity index is 1.64. The molecule has 0 amide bonds. The van der Waals surface area contributed by atoms with Crippen LogP contribution in [0.4, 0.5) is 5.82 Å².